The van der Waals surface area contributed by atoms with Crippen molar-refractivity contribution in [1.82, 2.24) is 15.0 Å². The monoisotopic (exact) mass is 599 g/mol. The van der Waals surface area contributed by atoms with Crippen molar-refractivity contribution in [1.29, 1.82) is 0 Å². The van der Waals surface area contributed by atoms with E-state index in [0.717, 1.165) is 98.8 Å². The zero-order chi connectivity index (χ0) is 30.9. The van der Waals surface area contributed by atoms with Crippen LogP contribution in [0, 0.1) is 0 Å². The van der Waals surface area contributed by atoms with Crippen LogP contribution in [0.2, 0.25) is 0 Å². The number of furan rings is 1. The molecule has 6 aromatic carbocycles. The van der Waals surface area contributed by atoms with Crippen molar-refractivity contribution in [2.75, 3.05) is 0 Å². The van der Waals surface area contributed by atoms with E-state index in [9.17, 15) is 0 Å². The third-order valence-corrected chi connectivity index (χ3v) is 9.35. The van der Waals surface area contributed by atoms with Crippen molar-refractivity contribution in [3.63, 3.8) is 0 Å². The van der Waals surface area contributed by atoms with Crippen molar-refractivity contribution in [2.24, 2.45) is 0 Å². The second kappa shape index (κ2) is 10.1. The Kier molecular flexibility index (Phi) is 5.54. The fraction of sp³-hybridized carbons (Fsp3) is 0. The molecule has 0 bridgehead atoms. The summed E-state index contributed by atoms with van der Waals surface area (Å²) in [5.41, 5.74) is 11.1. The molecule has 0 amide bonds. The summed E-state index contributed by atoms with van der Waals surface area (Å²) in [6, 6.07) is 46.9. The summed E-state index contributed by atoms with van der Waals surface area (Å²) in [7, 11) is 0. The molecule has 4 heteroatoms. The topological polar surface area (TPSA) is 51.8 Å². The summed E-state index contributed by atoms with van der Waals surface area (Å²) in [5.74, 6) is 0. The predicted molar refractivity (Wildman–Crippen MR) is 193 cm³/mol. The lowest BCUT2D eigenvalue weighted by Crippen LogP contribution is -1.91. The normalized spacial score (nSPS) is 11.8. The van der Waals surface area contributed by atoms with Crippen LogP contribution in [0.4, 0.5) is 0 Å². The minimum atomic E-state index is 0.869. The number of rotatable bonds is 3. The molecular formula is C43H25N3O. The largest absolute Gasteiger partial charge is 0.455 e. The molecule has 10 rings (SSSR count). The van der Waals surface area contributed by atoms with E-state index in [1.165, 1.54) is 0 Å². The molecule has 0 unspecified atom stereocenters. The molecule has 0 fully saturated rings. The number of para-hydroxylation sites is 1. The van der Waals surface area contributed by atoms with Gasteiger partial charge in [-0.3, -0.25) is 15.0 Å². The Morgan fingerprint density at radius 1 is 0.426 bits per heavy atom. The first-order valence-electron chi connectivity index (χ1n) is 15.7. The highest BCUT2D eigenvalue weighted by atomic mass is 16.3. The van der Waals surface area contributed by atoms with E-state index in [-0.39, 0.29) is 0 Å². The number of hydrogen-bond acceptors (Lipinski definition) is 4. The summed E-state index contributed by atoms with van der Waals surface area (Å²) in [6.07, 6.45) is 5.78. The third-order valence-electron chi connectivity index (χ3n) is 9.35. The molecular weight excluding hydrogens is 574 g/mol. The standard InChI is InChI=1S/C43H25N3O/c1-3-10-34-26(7-1)16-19-36-40-35(11-5-13-39(40)47-43(34)36)37-23-28(17-18-33(37)32-21-29-8-2-4-12-38(29)45-25-32)31-22-30-15-14-27-9-6-20-44-41(27)42(30)46-24-31/h1-25H. The molecule has 4 heterocycles. The van der Waals surface area contributed by atoms with Gasteiger partial charge in [0.05, 0.1) is 16.6 Å². The SMILES string of the molecule is c1ccc2ncc(-c3ccc(-c4cnc5c(ccc6cccnc65)c4)cc3-c3cccc4oc5c6ccccc6ccc5c34)cc2c1. The Balaban J connectivity index is 1.24. The van der Waals surface area contributed by atoms with E-state index < -0.39 is 0 Å². The van der Waals surface area contributed by atoms with Gasteiger partial charge in [-0.2, -0.15) is 0 Å². The fourth-order valence-electron chi connectivity index (χ4n) is 7.09. The molecule has 0 aliphatic rings. The molecule has 4 nitrogen and oxygen atoms in total. The summed E-state index contributed by atoms with van der Waals surface area (Å²) < 4.78 is 6.60. The Bertz CT molecular complexity index is 2870. The van der Waals surface area contributed by atoms with Crippen molar-refractivity contribution < 1.29 is 4.42 Å². The number of benzene rings is 6. The van der Waals surface area contributed by atoms with Gasteiger partial charge >= 0.3 is 0 Å². The van der Waals surface area contributed by atoms with Gasteiger partial charge in [0.1, 0.15) is 11.2 Å². The van der Waals surface area contributed by atoms with Gasteiger partial charge in [-0.15, -0.1) is 0 Å². The van der Waals surface area contributed by atoms with Crippen LogP contribution in [0.3, 0.4) is 0 Å². The highest BCUT2D eigenvalue weighted by Gasteiger charge is 2.19. The highest BCUT2D eigenvalue weighted by molar-refractivity contribution is 6.20. The Morgan fingerprint density at radius 3 is 2.19 bits per heavy atom. The van der Waals surface area contributed by atoms with Crippen LogP contribution >= 0.6 is 0 Å². The van der Waals surface area contributed by atoms with Gasteiger partial charge in [-0.25, -0.2) is 0 Å². The minimum absolute atomic E-state index is 0.869. The second-order valence-electron chi connectivity index (χ2n) is 12.1. The molecule has 10 aromatic rings. The third kappa shape index (κ3) is 4.05. The van der Waals surface area contributed by atoms with Gasteiger partial charge in [0.25, 0.3) is 0 Å². The van der Waals surface area contributed by atoms with Crippen LogP contribution < -0.4 is 0 Å². The van der Waals surface area contributed by atoms with E-state index >= 15 is 0 Å². The summed E-state index contributed by atoms with van der Waals surface area (Å²) in [6.45, 7) is 0. The quantitative estimate of drug-likeness (QED) is 0.190. The highest BCUT2D eigenvalue weighted by Crippen LogP contribution is 2.44. The molecule has 0 saturated heterocycles. The average Bonchev–Trinajstić information content (AvgIpc) is 3.54. The van der Waals surface area contributed by atoms with Crippen molar-refractivity contribution in [3.8, 4) is 33.4 Å². The van der Waals surface area contributed by atoms with Crippen LogP contribution in [0.15, 0.2) is 156 Å². The first-order valence-corrected chi connectivity index (χ1v) is 15.7. The lowest BCUT2D eigenvalue weighted by atomic mass is 9.89. The van der Waals surface area contributed by atoms with Crippen LogP contribution in [0.1, 0.15) is 0 Å². The first-order chi connectivity index (χ1) is 23.3. The lowest BCUT2D eigenvalue weighted by molar-refractivity contribution is 0.673. The first kappa shape index (κ1) is 25.9. The fourth-order valence-corrected chi connectivity index (χ4v) is 7.09. The van der Waals surface area contributed by atoms with Gasteiger partial charge in [0.2, 0.25) is 0 Å². The number of nitrogens with zero attached hydrogens (tertiary/aromatic N) is 3. The second-order valence-corrected chi connectivity index (χ2v) is 12.1. The molecule has 0 spiro atoms. The number of pyridine rings is 3. The number of fused-ring (bicyclic) bond motifs is 9. The van der Waals surface area contributed by atoms with Crippen LogP contribution in [0.5, 0.6) is 0 Å². The lowest BCUT2D eigenvalue weighted by Gasteiger charge is -2.15. The molecule has 47 heavy (non-hydrogen) atoms. The van der Waals surface area contributed by atoms with Crippen LogP contribution in [0.25, 0.3) is 98.8 Å². The maximum absolute atomic E-state index is 6.60. The summed E-state index contributed by atoms with van der Waals surface area (Å²) in [5, 5.41) is 7.75. The Hall–Kier alpha value is -6.39. The van der Waals surface area contributed by atoms with E-state index in [1.807, 2.05) is 30.7 Å². The molecule has 0 saturated carbocycles. The molecule has 0 aliphatic carbocycles. The van der Waals surface area contributed by atoms with Gasteiger partial charge < -0.3 is 4.42 Å². The van der Waals surface area contributed by atoms with E-state index in [2.05, 4.69) is 126 Å². The molecule has 0 N–H and O–H groups in total. The molecule has 4 aromatic heterocycles. The van der Waals surface area contributed by atoms with Gasteiger partial charge in [-0.05, 0) is 70.1 Å². The van der Waals surface area contributed by atoms with Crippen molar-refractivity contribution in [2.45, 2.75) is 0 Å². The van der Waals surface area contributed by atoms with Crippen molar-refractivity contribution >= 4 is 65.4 Å². The van der Waals surface area contributed by atoms with Crippen LogP contribution in [-0.2, 0) is 0 Å². The van der Waals surface area contributed by atoms with Gasteiger partial charge in [-0.1, -0.05) is 91.0 Å². The smallest absolute Gasteiger partial charge is 0.143 e. The number of aromatic nitrogens is 3. The van der Waals surface area contributed by atoms with Gasteiger partial charge in [0, 0.05) is 62.0 Å². The van der Waals surface area contributed by atoms with Crippen LogP contribution in [-0.4, -0.2) is 15.0 Å². The maximum Gasteiger partial charge on any atom is 0.143 e. The van der Waals surface area contributed by atoms with Gasteiger partial charge in [0.15, 0.2) is 0 Å². The molecule has 0 atom stereocenters. The van der Waals surface area contributed by atoms with Crippen molar-refractivity contribution in [3.05, 3.63) is 152 Å². The summed E-state index contributed by atoms with van der Waals surface area (Å²) in [4.78, 5) is 14.4. The Morgan fingerprint density at radius 2 is 1.21 bits per heavy atom. The Labute approximate surface area is 269 Å². The zero-order valence-electron chi connectivity index (χ0n) is 25.2. The van der Waals surface area contributed by atoms with E-state index in [4.69, 9.17) is 14.4 Å². The molecule has 0 aliphatic heterocycles. The maximum atomic E-state index is 6.60. The minimum Gasteiger partial charge on any atom is -0.455 e. The number of hydrogen-bond donors (Lipinski definition) is 0. The predicted octanol–water partition coefficient (Wildman–Crippen LogP) is 11.4. The zero-order valence-corrected chi connectivity index (χ0v) is 25.2. The average molecular weight is 600 g/mol. The summed E-state index contributed by atoms with van der Waals surface area (Å²) >= 11 is 0. The van der Waals surface area contributed by atoms with E-state index in [0.29, 0.717) is 0 Å². The van der Waals surface area contributed by atoms with E-state index in [1.54, 1.807) is 0 Å². The molecule has 0 radical (unpaired) electrons. The molecule has 218 valence electrons.